The van der Waals surface area contributed by atoms with Crippen molar-refractivity contribution in [2.24, 2.45) is 5.92 Å². The Kier molecular flexibility index (Phi) is 12.7. The number of carbonyl (C=O) groups excluding carboxylic acids is 2. The number of ketones is 1. The number of hydrogen-bond donors (Lipinski definition) is 2. The fourth-order valence-corrected chi connectivity index (χ4v) is 4.28. The van der Waals surface area contributed by atoms with Crippen molar-refractivity contribution >= 4 is 23.6 Å². The number of aromatic nitrogens is 1. The molecular formula is C25H37N3O4S. The fourth-order valence-electron chi connectivity index (χ4n) is 3.41. The van der Waals surface area contributed by atoms with Crippen LogP contribution in [0, 0.1) is 5.92 Å². The summed E-state index contributed by atoms with van der Waals surface area (Å²) in [5.74, 6) is 2.55. The Balaban J connectivity index is 1.84. The minimum absolute atomic E-state index is 0.124. The molecule has 7 nitrogen and oxygen atoms in total. The van der Waals surface area contributed by atoms with Gasteiger partial charge in [0.15, 0.2) is 5.78 Å². The van der Waals surface area contributed by atoms with Gasteiger partial charge in [0, 0.05) is 18.8 Å². The van der Waals surface area contributed by atoms with Crippen LogP contribution in [0.4, 0.5) is 4.79 Å². The maximum absolute atomic E-state index is 12.9. The van der Waals surface area contributed by atoms with Crippen molar-refractivity contribution in [3.05, 3.63) is 54.2 Å². The largest absolute Gasteiger partial charge is 0.468 e. The molecule has 0 aliphatic carbocycles. The first-order chi connectivity index (χ1) is 16.0. The number of thioether (sulfide) groups is 1. The minimum Gasteiger partial charge on any atom is -0.468 e. The number of pyridine rings is 1. The molecule has 2 rings (SSSR count). The van der Waals surface area contributed by atoms with Crippen LogP contribution in [-0.2, 0) is 21.9 Å². The average molecular weight is 476 g/mol. The van der Waals surface area contributed by atoms with Crippen LogP contribution in [0.5, 0.6) is 0 Å². The van der Waals surface area contributed by atoms with Crippen LogP contribution in [0.2, 0.25) is 0 Å². The molecule has 2 N–H and O–H groups in total. The maximum atomic E-state index is 12.9. The van der Waals surface area contributed by atoms with Gasteiger partial charge in [-0.2, -0.15) is 0 Å². The molecule has 0 fully saturated rings. The summed E-state index contributed by atoms with van der Waals surface area (Å²) < 4.78 is 10.7. The van der Waals surface area contributed by atoms with E-state index in [0.29, 0.717) is 29.7 Å². The van der Waals surface area contributed by atoms with Crippen molar-refractivity contribution in [2.75, 3.05) is 12.3 Å². The smallest absolute Gasteiger partial charge is 0.407 e. The van der Waals surface area contributed by atoms with Crippen molar-refractivity contribution in [2.45, 2.75) is 70.9 Å². The van der Waals surface area contributed by atoms with Gasteiger partial charge in [-0.05, 0) is 43.0 Å². The van der Waals surface area contributed by atoms with Crippen molar-refractivity contribution in [1.82, 2.24) is 15.6 Å². The van der Waals surface area contributed by atoms with Crippen LogP contribution < -0.4 is 10.6 Å². The summed E-state index contributed by atoms with van der Waals surface area (Å²) in [6, 6.07) is 8.90. The summed E-state index contributed by atoms with van der Waals surface area (Å²) in [5, 5.41) is 6.36. The number of nitrogens with one attached hydrogen (secondary N) is 2. The zero-order valence-corrected chi connectivity index (χ0v) is 20.7. The summed E-state index contributed by atoms with van der Waals surface area (Å²) in [4.78, 5) is 29.4. The SMILES string of the molecule is CCCCC(NCC(CC(C)C)NC(=O)OCc1ccccn1)C(=O)CSCc1ccco1. The van der Waals surface area contributed by atoms with Crippen molar-refractivity contribution in [1.29, 1.82) is 0 Å². The highest BCUT2D eigenvalue weighted by atomic mass is 32.2. The van der Waals surface area contributed by atoms with Gasteiger partial charge in [0.25, 0.3) is 0 Å². The van der Waals surface area contributed by atoms with Crippen LogP contribution >= 0.6 is 11.8 Å². The molecule has 8 heteroatoms. The van der Waals surface area contributed by atoms with Gasteiger partial charge in [0.2, 0.25) is 0 Å². The van der Waals surface area contributed by atoms with E-state index in [9.17, 15) is 9.59 Å². The highest BCUT2D eigenvalue weighted by molar-refractivity contribution is 7.99. The van der Waals surface area contributed by atoms with E-state index in [2.05, 4.69) is 36.4 Å². The van der Waals surface area contributed by atoms with Crippen LogP contribution in [0.15, 0.2) is 47.2 Å². The molecule has 0 spiro atoms. The molecule has 2 aromatic rings. The van der Waals surface area contributed by atoms with Gasteiger partial charge in [-0.25, -0.2) is 4.79 Å². The zero-order chi connectivity index (χ0) is 23.9. The minimum atomic E-state index is -0.474. The Morgan fingerprint density at radius 1 is 1.21 bits per heavy atom. The number of ether oxygens (including phenoxy) is 1. The van der Waals surface area contributed by atoms with E-state index >= 15 is 0 Å². The van der Waals surface area contributed by atoms with Crippen LogP contribution in [-0.4, -0.2) is 41.2 Å². The maximum Gasteiger partial charge on any atom is 0.407 e. The third-order valence-corrected chi connectivity index (χ3v) is 6.05. The second kappa shape index (κ2) is 15.5. The van der Waals surface area contributed by atoms with Gasteiger partial charge in [0.1, 0.15) is 12.4 Å². The molecule has 0 saturated heterocycles. The number of nitrogens with zero attached hydrogens (tertiary/aromatic N) is 1. The monoisotopic (exact) mass is 475 g/mol. The van der Waals surface area contributed by atoms with E-state index in [4.69, 9.17) is 9.15 Å². The summed E-state index contributed by atoms with van der Waals surface area (Å²) in [6.45, 7) is 6.98. The third kappa shape index (κ3) is 11.4. The molecule has 0 bridgehead atoms. The molecule has 1 amide bonds. The van der Waals surface area contributed by atoms with Gasteiger partial charge < -0.3 is 19.8 Å². The zero-order valence-electron chi connectivity index (χ0n) is 19.9. The van der Waals surface area contributed by atoms with E-state index in [1.807, 2.05) is 30.3 Å². The first-order valence-electron chi connectivity index (χ1n) is 11.7. The summed E-state index contributed by atoms with van der Waals surface area (Å²) in [6.07, 6.45) is 6.41. The van der Waals surface area contributed by atoms with Gasteiger partial charge in [0.05, 0.1) is 29.5 Å². The van der Waals surface area contributed by atoms with Crippen molar-refractivity contribution in [3.63, 3.8) is 0 Å². The van der Waals surface area contributed by atoms with Gasteiger partial charge in [-0.3, -0.25) is 9.78 Å². The molecule has 2 unspecified atom stereocenters. The lowest BCUT2D eigenvalue weighted by Crippen LogP contribution is -2.48. The van der Waals surface area contributed by atoms with Crippen LogP contribution in [0.1, 0.15) is 57.9 Å². The number of unbranched alkanes of at least 4 members (excludes halogenated alkanes) is 1. The first-order valence-corrected chi connectivity index (χ1v) is 12.8. The molecule has 182 valence electrons. The number of hydrogen-bond acceptors (Lipinski definition) is 7. The number of amides is 1. The first kappa shape index (κ1) is 26.9. The third-order valence-electron chi connectivity index (χ3n) is 5.07. The summed E-state index contributed by atoms with van der Waals surface area (Å²) in [5.41, 5.74) is 0.698. The highest BCUT2D eigenvalue weighted by Crippen LogP contribution is 2.15. The van der Waals surface area contributed by atoms with Crippen LogP contribution in [0.3, 0.4) is 0 Å². The molecule has 0 saturated carbocycles. The second-order valence-electron chi connectivity index (χ2n) is 8.51. The molecule has 0 aromatic carbocycles. The normalized spacial score (nSPS) is 13.0. The number of carbonyl (C=O) groups is 2. The second-order valence-corrected chi connectivity index (χ2v) is 9.50. The highest BCUT2D eigenvalue weighted by Gasteiger charge is 2.21. The van der Waals surface area contributed by atoms with E-state index in [-0.39, 0.29) is 24.5 Å². The predicted octanol–water partition coefficient (Wildman–Crippen LogP) is 4.97. The van der Waals surface area contributed by atoms with Crippen molar-refractivity contribution in [3.8, 4) is 0 Å². The van der Waals surface area contributed by atoms with E-state index < -0.39 is 6.09 Å². The average Bonchev–Trinajstić information content (AvgIpc) is 3.31. The summed E-state index contributed by atoms with van der Waals surface area (Å²) in [7, 11) is 0. The molecule has 0 aliphatic rings. The standard InChI is InChI=1S/C25H37N3O4S/c1-4-5-11-23(24(29)18-33-17-22-10-8-13-31-22)27-15-21(14-19(2)3)28-25(30)32-16-20-9-6-7-12-26-20/h6-10,12-13,19,21,23,27H,4-5,11,14-18H2,1-3H3,(H,28,30). The van der Waals surface area contributed by atoms with E-state index in [1.54, 1.807) is 24.2 Å². The molecule has 2 aromatic heterocycles. The lowest BCUT2D eigenvalue weighted by molar-refractivity contribution is -0.118. The number of rotatable bonds is 16. The number of Topliss-reactive ketones (excluding diaryl/α,β-unsaturated/α-hetero) is 1. The lowest BCUT2D eigenvalue weighted by Gasteiger charge is -2.24. The van der Waals surface area contributed by atoms with E-state index in [1.165, 1.54) is 0 Å². The summed E-state index contributed by atoms with van der Waals surface area (Å²) >= 11 is 1.56. The van der Waals surface area contributed by atoms with Crippen LogP contribution in [0.25, 0.3) is 0 Å². The lowest BCUT2D eigenvalue weighted by atomic mass is 10.0. The Morgan fingerprint density at radius 2 is 2.06 bits per heavy atom. The van der Waals surface area contributed by atoms with Crippen molar-refractivity contribution < 1.29 is 18.7 Å². The molecule has 2 heterocycles. The molecule has 33 heavy (non-hydrogen) atoms. The molecule has 2 atom stereocenters. The van der Waals surface area contributed by atoms with Gasteiger partial charge >= 0.3 is 6.09 Å². The molecular weight excluding hydrogens is 438 g/mol. The number of furan rings is 1. The quantitative estimate of drug-likeness (QED) is 0.354. The Bertz CT molecular complexity index is 799. The van der Waals surface area contributed by atoms with Gasteiger partial charge in [-0.1, -0.05) is 39.7 Å². The Labute approximate surface area is 201 Å². The van der Waals surface area contributed by atoms with E-state index in [0.717, 1.165) is 31.4 Å². The predicted molar refractivity (Wildman–Crippen MR) is 132 cm³/mol. The fraction of sp³-hybridized carbons (Fsp3) is 0.560. The molecule has 0 radical (unpaired) electrons. The molecule has 0 aliphatic heterocycles. The Morgan fingerprint density at radius 3 is 2.73 bits per heavy atom. The topological polar surface area (TPSA) is 93.5 Å². The van der Waals surface area contributed by atoms with Gasteiger partial charge in [-0.15, -0.1) is 11.8 Å². The Hall–Kier alpha value is -2.32. The number of alkyl carbamates (subject to hydrolysis) is 1.